The summed E-state index contributed by atoms with van der Waals surface area (Å²) in [6.07, 6.45) is 4.50. The maximum absolute atomic E-state index is 5.59. The number of halogens is 1. The van der Waals surface area contributed by atoms with Crippen LogP contribution < -0.4 is 10.2 Å². The molecule has 0 aromatic carbocycles. The van der Waals surface area contributed by atoms with E-state index in [0.29, 0.717) is 6.04 Å². The van der Waals surface area contributed by atoms with Gasteiger partial charge in [0.15, 0.2) is 0 Å². The van der Waals surface area contributed by atoms with Gasteiger partial charge in [-0.2, -0.15) is 0 Å². The monoisotopic (exact) mass is 311 g/mol. The number of morpholine rings is 1. The molecular weight excluding hydrogens is 294 g/mol. The van der Waals surface area contributed by atoms with Crippen LogP contribution in [-0.4, -0.2) is 43.4 Å². The van der Waals surface area contributed by atoms with Crippen molar-refractivity contribution in [3.05, 3.63) is 22.8 Å². The second-order valence-corrected chi connectivity index (χ2v) is 5.85. The fourth-order valence-electron chi connectivity index (χ4n) is 2.25. The Morgan fingerprint density at radius 3 is 3.06 bits per heavy atom. The third-order valence-corrected chi connectivity index (χ3v) is 3.92. The van der Waals surface area contributed by atoms with E-state index in [1.54, 1.807) is 0 Å². The number of nitrogens with one attached hydrogen (secondary N) is 1. The largest absolute Gasteiger partial charge is 0.377 e. The van der Waals surface area contributed by atoms with Gasteiger partial charge in [-0.1, -0.05) is 0 Å². The van der Waals surface area contributed by atoms with Crippen LogP contribution in [0.1, 0.15) is 12.8 Å². The van der Waals surface area contributed by atoms with Crippen molar-refractivity contribution in [2.24, 2.45) is 0 Å². The summed E-state index contributed by atoms with van der Waals surface area (Å²) in [5.74, 6) is 1.05. The molecule has 0 radical (unpaired) electrons. The van der Waals surface area contributed by atoms with Crippen LogP contribution in [0.4, 0.5) is 5.82 Å². The van der Waals surface area contributed by atoms with Gasteiger partial charge in [-0.05, 0) is 40.9 Å². The molecule has 2 heterocycles. The van der Waals surface area contributed by atoms with E-state index in [4.69, 9.17) is 4.74 Å². The van der Waals surface area contributed by atoms with Gasteiger partial charge >= 0.3 is 0 Å². The number of aromatic nitrogens is 1. The summed E-state index contributed by atoms with van der Waals surface area (Å²) in [4.78, 5) is 6.84. The Bertz CT molecular complexity index is 394. The van der Waals surface area contributed by atoms with Gasteiger partial charge < -0.3 is 15.0 Å². The molecule has 0 spiro atoms. The zero-order chi connectivity index (χ0) is 12.4. The topological polar surface area (TPSA) is 37.4 Å². The van der Waals surface area contributed by atoms with Gasteiger partial charge in [0.05, 0.1) is 19.3 Å². The van der Waals surface area contributed by atoms with Gasteiger partial charge in [-0.25, -0.2) is 4.98 Å². The van der Waals surface area contributed by atoms with E-state index in [9.17, 15) is 0 Å². The Balaban J connectivity index is 1.67. The first kappa shape index (κ1) is 12.4. The van der Waals surface area contributed by atoms with Gasteiger partial charge in [0.25, 0.3) is 0 Å². The second kappa shape index (κ2) is 5.55. The number of hydrogen-bond donors (Lipinski definition) is 1. The highest BCUT2D eigenvalue weighted by Gasteiger charge is 2.27. The van der Waals surface area contributed by atoms with Crippen LogP contribution in [0.25, 0.3) is 0 Å². The maximum atomic E-state index is 5.59. The average Bonchev–Trinajstić information content (AvgIpc) is 3.22. The number of ether oxygens (including phenoxy) is 1. The number of hydrogen-bond acceptors (Lipinski definition) is 4. The highest BCUT2D eigenvalue weighted by molar-refractivity contribution is 9.10. The van der Waals surface area contributed by atoms with Gasteiger partial charge in [0, 0.05) is 29.8 Å². The minimum absolute atomic E-state index is 0.396. The van der Waals surface area contributed by atoms with Crippen LogP contribution in [0.2, 0.25) is 0 Å². The summed E-state index contributed by atoms with van der Waals surface area (Å²) in [6, 6.07) is 5.25. The molecule has 18 heavy (non-hydrogen) atoms. The van der Waals surface area contributed by atoms with Crippen LogP contribution in [0.5, 0.6) is 0 Å². The predicted molar refractivity (Wildman–Crippen MR) is 74.9 cm³/mol. The first-order chi connectivity index (χ1) is 8.83. The molecule has 1 atom stereocenters. The molecule has 1 unspecified atom stereocenters. The minimum atomic E-state index is 0.396. The molecule has 98 valence electrons. The molecule has 1 N–H and O–H groups in total. The van der Waals surface area contributed by atoms with Crippen LogP contribution in [-0.2, 0) is 4.74 Å². The number of nitrogens with zero attached hydrogens (tertiary/aromatic N) is 2. The van der Waals surface area contributed by atoms with Crippen molar-refractivity contribution in [1.29, 1.82) is 0 Å². The van der Waals surface area contributed by atoms with Crippen molar-refractivity contribution in [3.8, 4) is 0 Å². The van der Waals surface area contributed by atoms with E-state index in [0.717, 1.165) is 42.6 Å². The Morgan fingerprint density at radius 2 is 2.33 bits per heavy atom. The first-order valence-electron chi connectivity index (χ1n) is 6.52. The summed E-state index contributed by atoms with van der Waals surface area (Å²) in [5.41, 5.74) is 0. The fraction of sp³-hybridized carbons (Fsp3) is 0.615. The van der Waals surface area contributed by atoms with Crippen molar-refractivity contribution in [2.45, 2.75) is 24.9 Å². The molecule has 1 saturated carbocycles. The lowest BCUT2D eigenvalue weighted by Crippen LogP contribution is -2.51. The average molecular weight is 312 g/mol. The first-order valence-corrected chi connectivity index (χ1v) is 7.31. The summed E-state index contributed by atoms with van der Waals surface area (Å²) in [5, 5.41) is 3.58. The Hall–Kier alpha value is -0.650. The zero-order valence-corrected chi connectivity index (χ0v) is 11.9. The minimum Gasteiger partial charge on any atom is -0.377 e. The third kappa shape index (κ3) is 3.02. The normalized spacial score (nSPS) is 24.3. The van der Waals surface area contributed by atoms with E-state index in [1.165, 1.54) is 12.8 Å². The van der Waals surface area contributed by atoms with Crippen molar-refractivity contribution >= 4 is 21.7 Å². The fourth-order valence-corrected chi connectivity index (χ4v) is 2.49. The molecule has 1 aliphatic heterocycles. The summed E-state index contributed by atoms with van der Waals surface area (Å²) < 4.78 is 6.61. The Labute approximate surface area is 116 Å². The molecule has 2 aliphatic rings. The number of anilines is 1. The number of rotatable bonds is 4. The van der Waals surface area contributed by atoms with Gasteiger partial charge in [0.1, 0.15) is 5.82 Å². The summed E-state index contributed by atoms with van der Waals surface area (Å²) in [6.45, 7) is 3.49. The molecule has 0 bridgehead atoms. The Kier molecular flexibility index (Phi) is 3.82. The third-order valence-electron chi connectivity index (χ3n) is 3.45. The molecule has 2 fully saturated rings. The highest BCUT2D eigenvalue weighted by Crippen LogP contribution is 2.21. The van der Waals surface area contributed by atoms with Crippen LogP contribution in [0, 0.1) is 0 Å². The molecule has 1 aromatic heterocycles. The Morgan fingerprint density at radius 1 is 1.44 bits per heavy atom. The lowest BCUT2D eigenvalue weighted by atomic mass is 10.2. The summed E-state index contributed by atoms with van der Waals surface area (Å²) >= 11 is 3.42. The SMILES string of the molecule is Brc1ccc(N2CCOCC2CNC2CC2)nc1. The molecule has 3 rings (SSSR count). The lowest BCUT2D eigenvalue weighted by Gasteiger charge is -2.36. The van der Waals surface area contributed by atoms with Crippen LogP contribution in [0.3, 0.4) is 0 Å². The second-order valence-electron chi connectivity index (χ2n) is 4.94. The molecule has 0 amide bonds. The van der Waals surface area contributed by atoms with E-state index in [-0.39, 0.29) is 0 Å². The predicted octanol–water partition coefficient (Wildman–Crippen LogP) is 1.80. The molecule has 1 aliphatic carbocycles. The van der Waals surface area contributed by atoms with Gasteiger partial charge in [-0.15, -0.1) is 0 Å². The quantitative estimate of drug-likeness (QED) is 0.920. The molecule has 1 saturated heterocycles. The van der Waals surface area contributed by atoms with E-state index in [1.807, 2.05) is 12.3 Å². The van der Waals surface area contributed by atoms with Gasteiger partial charge in [0.2, 0.25) is 0 Å². The molecule has 5 heteroatoms. The van der Waals surface area contributed by atoms with E-state index >= 15 is 0 Å². The van der Waals surface area contributed by atoms with Crippen LogP contribution >= 0.6 is 15.9 Å². The number of pyridine rings is 1. The van der Waals surface area contributed by atoms with E-state index < -0.39 is 0 Å². The molecule has 4 nitrogen and oxygen atoms in total. The van der Waals surface area contributed by atoms with Crippen molar-refractivity contribution < 1.29 is 4.74 Å². The molecule has 1 aromatic rings. The van der Waals surface area contributed by atoms with Gasteiger partial charge in [-0.3, -0.25) is 0 Å². The van der Waals surface area contributed by atoms with Crippen molar-refractivity contribution in [3.63, 3.8) is 0 Å². The highest BCUT2D eigenvalue weighted by atomic mass is 79.9. The summed E-state index contributed by atoms with van der Waals surface area (Å²) in [7, 11) is 0. The zero-order valence-electron chi connectivity index (χ0n) is 10.3. The molecular formula is C13H18BrN3O. The lowest BCUT2D eigenvalue weighted by molar-refractivity contribution is 0.0932. The smallest absolute Gasteiger partial charge is 0.129 e. The standard InChI is InChI=1S/C13H18BrN3O/c14-10-1-4-13(16-7-10)17-5-6-18-9-12(17)8-15-11-2-3-11/h1,4,7,11-12,15H,2-3,5-6,8-9H2. The maximum Gasteiger partial charge on any atom is 0.129 e. The van der Waals surface area contributed by atoms with Crippen molar-refractivity contribution in [1.82, 2.24) is 10.3 Å². The van der Waals surface area contributed by atoms with E-state index in [2.05, 4.69) is 37.2 Å². The van der Waals surface area contributed by atoms with Crippen LogP contribution in [0.15, 0.2) is 22.8 Å². The van der Waals surface area contributed by atoms with Crippen molar-refractivity contribution in [2.75, 3.05) is 31.2 Å².